The maximum atomic E-state index is 12.7. The fraction of sp³-hybridized carbons (Fsp3) is 0.750. The molecular formula is C16H25N5O3. The summed E-state index contributed by atoms with van der Waals surface area (Å²) in [6, 6.07) is 0. The molecule has 8 nitrogen and oxygen atoms in total. The third kappa shape index (κ3) is 3.43. The second-order valence-corrected chi connectivity index (χ2v) is 6.88. The van der Waals surface area contributed by atoms with E-state index >= 15 is 0 Å². The van der Waals surface area contributed by atoms with Crippen LogP contribution in [0.2, 0.25) is 0 Å². The zero-order valence-electron chi connectivity index (χ0n) is 14.5. The number of piperidine rings is 1. The highest BCUT2D eigenvalue weighted by Gasteiger charge is 2.35. The van der Waals surface area contributed by atoms with Crippen molar-refractivity contribution >= 4 is 11.8 Å². The van der Waals surface area contributed by atoms with Crippen molar-refractivity contribution in [2.24, 2.45) is 5.92 Å². The molecule has 1 aromatic heterocycles. The Bertz CT molecular complexity index is 615. The zero-order chi connectivity index (χ0) is 17.3. The van der Waals surface area contributed by atoms with Crippen LogP contribution in [0.3, 0.4) is 0 Å². The van der Waals surface area contributed by atoms with Crippen molar-refractivity contribution in [3.63, 3.8) is 0 Å². The summed E-state index contributed by atoms with van der Waals surface area (Å²) in [6.07, 6.45) is 0.740. The third-order valence-electron chi connectivity index (χ3n) is 4.73. The molecule has 0 unspecified atom stereocenters. The van der Waals surface area contributed by atoms with Gasteiger partial charge in [0.2, 0.25) is 11.8 Å². The van der Waals surface area contributed by atoms with E-state index in [0.717, 1.165) is 12.2 Å². The molecule has 0 spiro atoms. The first-order valence-corrected chi connectivity index (χ1v) is 8.52. The van der Waals surface area contributed by atoms with Crippen LogP contribution in [0, 0.1) is 5.92 Å². The Balaban J connectivity index is 1.64. The van der Waals surface area contributed by atoms with E-state index < -0.39 is 0 Å². The smallest absolute Gasteiger partial charge is 0.226 e. The molecule has 2 saturated heterocycles. The number of nitrogens with one attached hydrogen (secondary N) is 1. The molecule has 2 aliphatic heterocycles. The number of likely N-dealkylation sites (tertiary alicyclic amines) is 1. The van der Waals surface area contributed by atoms with Crippen LogP contribution < -0.4 is 0 Å². The first-order valence-electron chi connectivity index (χ1n) is 8.52. The lowest BCUT2D eigenvalue weighted by atomic mass is 9.94. The van der Waals surface area contributed by atoms with Crippen LogP contribution in [0.25, 0.3) is 0 Å². The van der Waals surface area contributed by atoms with E-state index in [1.807, 2.05) is 13.8 Å². The van der Waals surface area contributed by atoms with Gasteiger partial charge in [0.25, 0.3) is 0 Å². The molecule has 2 fully saturated rings. The van der Waals surface area contributed by atoms with Gasteiger partial charge in [-0.05, 0) is 6.42 Å². The number of aromatic amines is 1. The fourth-order valence-corrected chi connectivity index (χ4v) is 3.12. The van der Waals surface area contributed by atoms with Gasteiger partial charge in [0.1, 0.15) is 6.10 Å². The summed E-state index contributed by atoms with van der Waals surface area (Å²) in [5, 5.41) is 7.12. The molecule has 24 heavy (non-hydrogen) atoms. The van der Waals surface area contributed by atoms with E-state index in [1.165, 1.54) is 0 Å². The maximum absolute atomic E-state index is 12.7. The number of morpholine rings is 1. The van der Waals surface area contributed by atoms with Crippen molar-refractivity contribution in [3.05, 3.63) is 11.6 Å². The number of amides is 2. The maximum Gasteiger partial charge on any atom is 0.226 e. The topological polar surface area (TPSA) is 91.4 Å². The SMILES string of the molecule is CC(C)c1n[nH]c([C@@H]2CN(C(=O)[C@H]3CCN(C)C(=O)C3)CCO2)n1. The quantitative estimate of drug-likeness (QED) is 0.878. The molecule has 1 aromatic rings. The molecule has 2 amide bonds. The van der Waals surface area contributed by atoms with Gasteiger partial charge in [0.05, 0.1) is 13.2 Å². The predicted octanol–water partition coefficient (Wildman–Crippen LogP) is 0.696. The molecule has 0 saturated carbocycles. The van der Waals surface area contributed by atoms with Crippen LogP contribution in [-0.4, -0.2) is 70.1 Å². The number of hydrogen-bond acceptors (Lipinski definition) is 5. The van der Waals surface area contributed by atoms with E-state index in [4.69, 9.17) is 4.74 Å². The van der Waals surface area contributed by atoms with Crippen molar-refractivity contribution in [3.8, 4) is 0 Å². The van der Waals surface area contributed by atoms with Gasteiger partial charge >= 0.3 is 0 Å². The average Bonchev–Trinajstić information content (AvgIpc) is 3.07. The largest absolute Gasteiger partial charge is 0.367 e. The highest BCUT2D eigenvalue weighted by Crippen LogP contribution is 2.25. The molecule has 0 radical (unpaired) electrons. The molecule has 2 aliphatic rings. The number of aromatic nitrogens is 3. The van der Waals surface area contributed by atoms with Gasteiger partial charge in [-0.25, -0.2) is 4.98 Å². The summed E-state index contributed by atoms with van der Waals surface area (Å²) < 4.78 is 5.76. The first kappa shape index (κ1) is 16.9. The molecule has 0 bridgehead atoms. The Morgan fingerprint density at radius 3 is 2.83 bits per heavy atom. The molecule has 3 rings (SSSR count). The number of hydrogen-bond donors (Lipinski definition) is 1. The van der Waals surface area contributed by atoms with E-state index in [2.05, 4.69) is 15.2 Å². The lowest BCUT2D eigenvalue weighted by Gasteiger charge is -2.36. The van der Waals surface area contributed by atoms with Gasteiger partial charge < -0.3 is 14.5 Å². The monoisotopic (exact) mass is 335 g/mol. The number of ether oxygens (including phenoxy) is 1. The minimum absolute atomic E-state index is 0.0428. The molecule has 8 heteroatoms. The second-order valence-electron chi connectivity index (χ2n) is 6.88. The highest BCUT2D eigenvalue weighted by atomic mass is 16.5. The lowest BCUT2D eigenvalue weighted by Crippen LogP contribution is -2.48. The number of rotatable bonds is 3. The minimum atomic E-state index is -0.287. The number of nitrogens with zero attached hydrogens (tertiary/aromatic N) is 4. The van der Waals surface area contributed by atoms with Crippen molar-refractivity contribution in [2.75, 3.05) is 33.3 Å². The standard InChI is InChI=1S/C16H25N5O3/c1-10(2)14-17-15(19-18-14)12-9-21(6-7-24-12)16(23)11-4-5-20(3)13(22)8-11/h10-12H,4-9H2,1-3H3,(H,17,18,19)/t11-,12-/m0/s1. The van der Waals surface area contributed by atoms with Gasteiger partial charge in [-0.15, -0.1) is 0 Å². The molecule has 132 valence electrons. The fourth-order valence-electron chi connectivity index (χ4n) is 3.12. The zero-order valence-corrected chi connectivity index (χ0v) is 14.5. The van der Waals surface area contributed by atoms with Crippen LogP contribution in [0.1, 0.15) is 50.4 Å². The van der Waals surface area contributed by atoms with Gasteiger partial charge in [0, 0.05) is 38.4 Å². The molecule has 0 aromatic carbocycles. The summed E-state index contributed by atoms with van der Waals surface area (Å²) in [4.78, 5) is 32.6. The van der Waals surface area contributed by atoms with Crippen LogP contribution >= 0.6 is 0 Å². The summed E-state index contributed by atoms with van der Waals surface area (Å²) in [5.74, 6) is 1.53. The Hall–Kier alpha value is -1.96. The van der Waals surface area contributed by atoms with Crippen LogP contribution in [0.5, 0.6) is 0 Å². The van der Waals surface area contributed by atoms with Gasteiger partial charge in [-0.1, -0.05) is 13.8 Å². The first-order chi connectivity index (χ1) is 11.5. The summed E-state index contributed by atoms with van der Waals surface area (Å²) >= 11 is 0. The van der Waals surface area contributed by atoms with Crippen LogP contribution in [-0.2, 0) is 14.3 Å². The van der Waals surface area contributed by atoms with Gasteiger partial charge in [0.15, 0.2) is 11.6 Å². The second kappa shape index (κ2) is 6.88. The summed E-state index contributed by atoms with van der Waals surface area (Å²) in [6.45, 7) is 6.17. The third-order valence-corrected chi connectivity index (χ3v) is 4.73. The highest BCUT2D eigenvalue weighted by molar-refractivity contribution is 5.87. The Labute approximate surface area is 141 Å². The van der Waals surface area contributed by atoms with E-state index in [-0.39, 0.29) is 29.8 Å². The Kier molecular flexibility index (Phi) is 4.84. The number of carbonyl (C=O) groups excluding carboxylic acids is 2. The molecule has 3 heterocycles. The lowest BCUT2D eigenvalue weighted by molar-refractivity contribution is -0.149. The van der Waals surface area contributed by atoms with Gasteiger partial charge in [-0.3, -0.25) is 14.7 Å². The number of carbonyl (C=O) groups is 2. The molecule has 2 atom stereocenters. The molecular weight excluding hydrogens is 310 g/mol. The average molecular weight is 335 g/mol. The van der Waals surface area contributed by atoms with E-state index in [9.17, 15) is 9.59 Å². The minimum Gasteiger partial charge on any atom is -0.367 e. The Morgan fingerprint density at radius 1 is 1.38 bits per heavy atom. The van der Waals surface area contributed by atoms with E-state index in [1.54, 1.807) is 16.8 Å². The Morgan fingerprint density at radius 2 is 2.17 bits per heavy atom. The predicted molar refractivity (Wildman–Crippen MR) is 86.1 cm³/mol. The van der Waals surface area contributed by atoms with Crippen molar-refractivity contribution < 1.29 is 14.3 Å². The number of H-pyrrole nitrogens is 1. The van der Waals surface area contributed by atoms with Crippen molar-refractivity contribution in [1.82, 2.24) is 25.0 Å². The van der Waals surface area contributed by atoms with Crippen LogP contribution in [0.4, 0.5) is 0 Å². The normalized spacial score (nSPS) is 25.4. The van der Waals surface area contributed by atoms with Gasteiger partial charge in [-0.2, -0.15) is 5.10 Å². The molecule has 1 N–H and O–H groups in total. The summed E-state index contributed by atoms with van der Waals surface area (Å²) in [5.41, 5.74) is 0. The van der Waals surface area contributed by atoms with Crippen molar-refractivity contribution in [2.45, 2.75) is 38.7 Å². The summed E-state index contributed by atoms with van der Waals surface area (Å²) in [7, 11) is 1.78. The van der Waals surface area contributed by atoms with Crippen LogP contribution in [0.15, 0.2) is 0 Å². The van der Waals surface area contributed by atoms with Crippen molar-refractivity contribution in [1.29, 1.82) is 0 Å². The van der Waals surface area contributed by atoms with E-state index in [0.29, 0.717) is 38.5 Å². The molecule has 0 aliphatic carbocycles.